The van der Waals surface area contributed by atoms with Crippen molar-refractivity contribution >= 4 is 5.97 Å². The summed E-state index contributed by atoms with van der Waals surface area (Å²) >= 11 is 0. The van der Waals surface area contributed by atoms with Gasteiger partial charge in [0.2, 0.25) is 0 Å². The molecule has 0 aromatic heterocycles. The summed E-state index contributed by atoms with van der Waals surface area (Å²) in [6, 6.07) is 0. The molecule has 2 rings (SSSR count). The van der Waals surface area contributed by atoms with Crippen LogP contribution in [0.5, 0.6) is 0 Å². The highest BCUT2D eigenvalue weighted by Crippen LogP contribution is 2.31. The Morgan fingerprint density at radius 3 is 2.50 bits per heavy atom. The van der Waals surface area contributed by atoms with E-state index in [-0.39, 0.29) is 5.97 Å². The summed E-state index contributed by atoms with van der Waals surface area (Å²) in [5.74, 6) is 0.684. The number of carbonyl (C=O) groups is 1. The molecule has 0 aromatic carbocycles. The van der Waals surface area contributed by atoms with Gasteiger partial charge in [0.1, 0.15) is 5.41 Å². The molecule has 0 aromatic rings. The SMILES string of the molecule is COC(=O)C1(CN(C)CC2CCCCC2)COC1. The first-order chi connectivity index (χ1) is 8.66. The summed E-state index contributed by atoms with van der Waals surface area (Å²) in [6.07, 6.45) is 6.80. The van der Waals surface area contributed by atoms with Gasteiger partial charge in [-0.2, -0.15) is 0 Å². The highest BCUT2D eigenvalue weighted by molar-refractivity contribution is 5.78. The number of ether oxygens (including phenoxy) is 2. The molecule has 0 bridgehead atoms. The molecule has 4 heteroatoms. The van der Waals surface area contributed by atoms with E-state index in [0.717, 1.165) is 19.0 Å². The third-order valence-corrected chi connectivity index (χ3v) is 4.24. The maximum absolute atomic E-state index is 11.8. The molecule has 1 saturated heterocycles. The fourth-order valence-electron chi connectivity index (χ4n) is 3.23. The van der Waals surface area contributed by atoms with Crippen LogP contribution < -0.4 is 0 Å². The van der Waals surface area contributed by atoms with E-state index in [1.807, 2.05) is 0 Å². The Balaban J connectivity index is 1.81. The van der Waals surface area contributed by atoms with E-state index < -0.39 is 5.41 Å². The van der Waals surface area contributed by atoms with E-state index in [2.05, 4.69) is 11.9 Å². The number of esters is 1. The Labute approximate surface area is 110 Å². The molecule has 1 aliphatic heterocycles. The van der Waals surface area contributed by atoms with Gasteiger partial charge in [0.05, 0.1) is 20.3 Å². The predicted octanol–water partition coefficient (Wildman–Crippen LogP) is 1.69. The molecule has 0 amide bonds. The standard InChI is InChI=1S/C14H25NO3/c1-15(8-12-6-4-3-5-7-12)9-14(10-18-11-14)13(16)17-2/h12H,3-11H2,1-2H3. The molecule has 0 spiro atoms. The van der Waals surface area contributed by atoms with Gasteiger partial charge in [0.25, 0.3) is 0 Å². The third-order valence-electron chi connectivity index (χ3n) is 4.24. The van der Waals surface area contributed by atoms with Crippen molar-refractivity contribution in [2.75, 3.05) is 40.5 Å². The number of hydrogen-bond donors (Lipinski definition) is 0. The number of methoxy groups -OCH3 is 1. The number of nitrogens with zero attached hydrogens (tertiary/aromatic N) is 1. The summed E-state index contributed by atoms with van der Waals surface area (Å²) in [6.45, 7) is 2.87. The Morgan fingerprint density at radius 2 is 2.00 bits per heavy atom. The zero-order chi connectivity index (χ0) is 13.0. The first-order valence-corrected chi connectivity index (χ1v) is 7.01. The minimum atomic E-state index is -0.405. The van der Waals surface area contributed by atoms with Gasteiger partial charge >= 0.3 is 5.97 Å². The monoisotopic (exact) mass is 255 g/mol. The summed E-state index contributed by atoms with van der Waals surface area (Å²) in [4.78, 5) is 14.1. The molecule has 1 heterocycles. The van der Waals surface area contributed by atoms with Crippen LogP contribution >= 0.6 is 0 Å². The van der Waals surface area contributed by atoms with Crippen LogP contribution in [0.3, 0.4) is 0 Å². The van der Waals surface area contributed by atoms with Gasteiger partial charge in [-0.05, 0) is 25.8 Å². The molecule has 0 radical (unpaired) electrons. The predicted molar refractivity (Wildman–Crippen MR) is 69.3 cm³/mol. The normalized spacial score (nSPS) is 23.7. The van der Waals surface area contributed by atoms with Crippen LogP contribution in [0.4, 0.5) is 0 Å². The van der Waals surface area contributed by atoms with Crippen molar-refractivity contribution in [1.82, 2.24) is 4.90 Å². The molecule has 18 heavy (non-hydrogen) atoms. The molecule has 1 aliphatic carbocycles. The lowest BCUT2D eigenvalue weighted by molar-refractivity contribution is -0.186. The molecular formula is C14H25NO3. The van der Waals surface area contributed by atoms with Crippen molar-refractivity contribution < 1.29 is 14.3 Å². The second kappa shape index (κ2) is 6.02. The van der Waals surface area contributed by atoms with Gasteiger partial charge in [-0.25, -0.2) is 0 Å². The van der Waals surface area contributed by atoms with E-state index in [0.29, 0.717) is 13.2 Å². The molecule has 4 nitrogen and oxygen atoms in total. The molecular weight excluding hydrogens is 230 g/mol. The smallest absolute Gasteiger partial charge is 0.317 e. The van der Waals surface area contributed by atoms with Gasteiger partial charge in [-0.15, -0.1) is 0 Å². The van der Waals surface area contributed by atoms with Crippen molar-refractivity contribution in [3.8, 4) is 0 Å². The topological polar surface area (TPSA) is 38.8 Å². The van der Waals surface area contributed by atoms with Crippen molar-refractivity contribution in [2.45, 2.75) is 32.1 Å². The van der Waals surface area contributed by atoms with Crippen LogP contribution in [0.1, 0.15) is 32.1 Å². The lowest BCUT2D eigenvalue weighted by Crippen LogP contribution is -2.56. The first-order valence-electron chi connectivity index (χ1n) is 7.01. The van der Waals surface area contributed by atoms with Crippen molar-refractivity contribution in [2.24, 2.45) is 11.3 Å². The van der Waals surface area contributed by atoms with E-state index >= 15 is 0 Å². The van der Waals surface area contributed by atoms with E-state index in [4.69, 9.17) is 9.47 Å². The van der Waals surface area contributed by atoms with Gasteiger partial charge < -0.3 is 14.4 Å². The zero-order valence-corrected chi connectivity index (χ0v) is 11.6. The Hall–Kier alpha value is -0.610. The molecule has 2 fully saturated rings. The molecule has 0 atom stereocenters. The summed E-state index contributed by atoms with van der Waals surface area (Å²) in [7, 11) is 3.57. The average Bonchev–Trinajstić information content (AvgIpc) is 2.34. The zero-order valence-electron chi connectivity index (χ0n) is 11.6. The third kappa shape index (κ3) is 3.04. The summed E-state index contributed by atoms with van der Waals surface area (Å²) in [5, 5.41) is 0. The van der Waals surface area contributed by atoms with Crippen LogP contribution in [-0.2, 0) is 14.3 Å². The number of hydrogen-bond acceptors (Lipinski definition) is 4. The lowest BCUT2D eigenvalue weighted by Gasteiger charge is -2.41. The molecule has 104 valence electrons. The van der Waals surface area contributed by atoms with Gasteiger partial charge in [0, 0.05) is 13.1 Å². The maximum Gasteiger partial charge on any atom is 0.317 e. The van der Waals surface area contributed by atoms with Crippen LogP contribution in [0.25, 0.3) is 0 Å². The largest absolute Gasteiger partial charge is 0.468 e. The highest BCUT2D eigenvalue weighted by atomic mass is 16.5. The van der Waals surface area contributed by atoms with Crippen LogP contribution in [0.2, 0.25) is 0 Å². The summed E-state index contributed by atoms with van der Waals surface area (Å²) < 4.78 is 10.1. The molecule has 0 unspecified atom stereocenters. The van der Waals surface area contributed by atoms with Crippen molar-refractivity contribution in [3.63, 3.8) is 0 Å². The van der Waals surface area contributed by atoms with Gasteiger partial charge in [-0.3, -0.25) is 4.79 Å². The Morgan fingerprint density at radius 1 is 1.33 bits per heavy atom. The van der Waals surface area contributed by atoms with Crippen molar-refractivity contribution in [1.29, 1.82) is 0 Å². The Kier molecular flexibility index (Phi) is 4.62. The lowest BCUT2D eigenvalue weighted by atomic mass is 9.84. The fraction of sp³-hybridized carbons (Fsp3) is 0.929. The van der Waals surface area contributed by atoms with Gasteiger partial charge in [-0.1, -0.05) is 19.3 Å². The second-order valence-electron chi connectivity index (χ2n) is 5.97. The fourth-order valence-corrected chi connectivity index (χ4v) is 3.23. The second-order valence-corrected chi connectivity index (χ2v) is 5.97. The van der Waals surface area contributed by atoms with Crippen molar-refractivity contribution in [3.05, 3.63) is 0 Å². The molecule has 2 aliphatic rings. The Bertz CT molecular complexity index is 283. The van der Waals surface area contributed by atoms with Gasteiger partial charge in [0.15, 0.2) is 0 Å². The average molecular weight is 255 g/mol. The number of rotatable bonds is 5. The maximum atomic E-state index is 11.8. The number of carbonyl (C=O) groups excluding carboxylic acids is 1. The highest BCUT2D eigenvalue weighted by Gasteiger charge is 2.47. The summed E-state index contributed by atoms with van der Waals surface area (Å²) in [5.41, 5.74) is -0.405. The van der Waals surface area contributed by atoms with Crippen LogP contribution in [0.15, 0.2) is 0 Å². The minimum Gasteiger partial charge on any atom is -0.468 e. The molecule has 1 saturated carbocycles. The molecule has 0 N–H and O–H groups in total. The van der Waals surface area contributed by atoms with E-state index in [1.54, 1.807) is 0 Å². The minimum absolute atomic E-state index is 0.121. The van der Waals surface area contributed by atoms with E-state index in [9.17, 15) is 4.79 Å². The van der Waals surface area contributed by atoms with E-state index in [1.165, 1.54) is 39.2 Å². The van der Waals surface area contributed by atoms with Crippen LogP contribution in [0, 0.1) is 11.3 Å². The van der Waals surface area contributed by atoms with Crippen LogP contribution in [-0.4, -0.2) is 51.3 Å². The first kappa shape index (κ1) is 13.8. The quantitative estimate of drug-likeness (QED) is 0.701.